The average Bonchev–Trinajstić information content (AvgIpc) is 2.84. The predicted molar refractivity (Wildman–Crippen MR) is 60.9 cm³/mol. The minimum atomic E-state index is -1.02. The van der Waals surface area contributed by atoms with Crippen LogP contribution in [0.15, 0.2) is 0 Å². The maximum absolute atomic E-state index is 12.8. The van der Waals surface area contributed by atoms with Crippen molar-refractivity contribution in [3.63, 3.8) is 0 Å². The number of nitrogens with two attached hydrogens (primary N) is 1. The fourth-order valence-corrected chi connectivity index (χ4v) is 4.69. The van der Waals surface area contributed by atoms with Gasteiger partial charge in [-0.15, -0.1) is 0 Å². The highest BCUT2D eigenvalue weighted by Crippen LogP contribution is 2.62. The summed E-state index contributed by atoms with van der Waals surface area (Å²) in [6, 6.07) is 0. The molecule has 0 amide bonds. The van der Waals surface area contributed by atoms with Crippen LogP contribution in [-0.2, 0) is 0 Å². The van der Waals surface area contributed by atoms with E-state index in [2.05, 4.69) is 0 Å². The molecule has 3 saturated carbocycles. The third kappa shape index (κ3) is 1.37. The Bertz CT molecular complexity index is 323. The number of aliphatic hydroxyl groups is 1. The van der Waals surface area contributed by atoms with Crippen molar-refractivity contribution in [2.75, 3.05) is 13.3 Å². The van der Waals surface area contributed by atoms with E-state index in [0.717, 1.165) is 19.3 Å². The molecule has 0 aromatic rings. The van der Waals surface area contributed by atoms with Gasteiger partial charge in [0.05, 0.1) is 19.0 Å². The van der Waals surface area contributed by atoms with Crippen molar-refractivity contribution in [1.82, 2.24) is 0 Å². The summed E-state index contributed by atoms with van der Waals surface area (Å²) in [6.45, 7) is -1.37. The van der Waals surface area contributed by atoms with Crippen LogP contribution in [0, 0.1) is 17.3 Å². The van der Waals surface area contributed by atoms with Gasteiger partial charge in [-0.1, -0.05) is 6.42 Å². The second kappa shape index (κ2) is 3.41. The summed E-state index contributed by atoms with van der Waals surface area (Å²) in [6.07, 6.45) is 4.61. The Balaban J connectivity index is 1.78. The molecule has 3 fully saturated rings. The van der Waals surface area contributed by atoms with Crippen molar-refractivity contribution in [2.24, 2.45) is 23.0 Å². The molecule has 3 aliphatic carbocycles. The minimum absolute atomic E-state index is 0.201. The lowest BCUT2D eigenvalue weighted by atomic mass is 9.51. The van der Waals surface area contributed by atoms with Crippen LogP contribution in [0.1, 0.15) is 38.5 Å². The zero-order valence-corrected chi connectivity index (χ0v) is 10.1. The third-order valence-electron chi connectivity index (χ3n) is 5.66. The Morgan fingerprint density at radius 3 is 2.24 bits per heavy atom. The van der Waals surface area contributed by atoms with E-state index in [-0.39, 0.29) is 12.8 Å². The highest BCUT2D eigenvalue weighted by molar-refractivity contribution is 5.21. The van der Waals surface area contributed by atoms with Crippen molar-refractivity contribution < 1.29 is 13.9 Å². The van der Waals surface area contributed by atoms with Gasteiger partial charge in [-0.05, 0) is 43.9 Å². The summed E-state index contributed by atoms with van der Waals surface area (Å²) in [5.74, 6) is 0.981. The molecule has 0 aliphatic heterocycles. The summed E-state index contributed by atoms with van der Waals surface area (Å²) >= 11 is 0. The quantitative estimate of drug-likeness (QED) is 0.798. The predicted octanol–water partition coefficient (Wildman–Crippen LogP) is 1.95. The van der Waals surface area contributed by atoms with Crippen LogP contribution in [0.2, 0.25) is 0 Å². The number of fused-ring (bicyclic) bond motifs is 2. The molecule has 3 N–H and O–H groups in total. The van der Waals surface area contributed by atoms with Gasteiger partial charge in [-0.2, -0.15) is 0 Å². The van der Waals surface area contributed by atoms with Crippen molar-refractivity contribution in [1.29, 1.82) is 0 Å². The fraction of sp³-hybridized carbons (Fsp3) is 1.00. The van der Waals surface area contributed by atoms with E-state index in [4.69, 9.17) is 5.73 Å². The van der Waals surface area contributed by atoms with Crippen molar-refractivity contribution in [3.8, 4) is 0 Å². The van der Waals surface area contributed by atoms with Gasteiger partial charge in [0.1, 0.15) is 0 Å². The minimum Gasteiger partial charge on any atom is -0.388 e. The van der Waals surface area contributed by atoms with Crippen LogP contribution in [0.4, 0.5) is 8.78 Å². The molecule has 0 spiro atoms. The maximum Gasteiger partial charge on any atom is 0.0977 e. The molecule has 0 aromatic heterocycles. The zero-order chi connectivity index (χ0) is 12.3. The fourth-order valence-electron chi connectivity index (χ4n) is 4.69. The van der Waals surface area contributed by atoms with E-state index in [1.807, 2.05) is 0 Å². The van der Waals surface area contributed by atoms with E-state index in [0.29, 0.717) is 11.8 Å². The highest BCUT2D eigenvalue weighted by Gasteiger charge is 2.67. The Kier molecular flexibility index (Phi) is 2.38. The number of alkyl halides is 2. The number of halogens is 2. The molecular weight excluding hydrogens is 224 g/mol. The number of hydrogen-bond donors (Lipinski definition) is 2. The largest absolute Gasteiger partial charge is 0.388 e. The third-order valence-corrected chi connectivity index (χ3v) is 5.66. The molecule has 2 nitrogen and oxygen atoms in total. The second-order valence-electron chi connectivity index (χ2n) is 6.77. The molecule has 0 saturated heterocycles. The van der Waals surface area contributed by atoms with Gasteiger partial charge in [-0.25, -0.2) is 0 Å². The van der Waals surface area contributed by atoms with Gasteiger partial charge in [0.25, 0.3) is 0 Å². The molecule has 3 atom stereocenters. The summed E-state index contributed by atoms with van der Waals surface area (Å²) in [4.78, 5) is 0. The normalized spacial score (nSPS) is 45.9. The van der Waals surface area contributed by atoms with E-state index in [1.54, 1.807) is 0 Å². The lowest BCUT2D eigenvalue weighted by Crippen LogP contribution is -2.72. The number of rotatable bonds is 3. The molecule has 17 heavy (non-hydrogen) atoms. The molecule has 4 heteroatoms. The lowest BCUT2D eigenvalue weighted by molar-refractivity contribution is -0.195. The monoisotopic (exact) mass is 245 g/mol. The van der Waals surface area contributed by atoms with Gasteiger partial charge in [-0.3, -0.25) is 8.78 Å². The SMILES string of the molecule is NC1(C2(O)CC(CF)(CF)C2)CC2CCC1C2. The van der Waals surface area contributed by atoms with Gasteiger partial charge in [0, 0.05) is 11.0 Å². The maximum atomic E-state index is 12.8. The first kappa shape index (κ1) is 11.8. The van der Waals surface area contributed by atoms with Crippen molar-refractivity contribution >= 4 is 0 Å². The molecule has 0 aromatic carbocycles. The van der Waals surface area contributed by atoms with Gasteiger partial charge in [0.15, 0.2) is 0 Å². The van der Waals surface area contributed by atoms with Crippen LogP contribution in [-0.4, -0.2) is 29.6 Å². The first-order valence-corrected chi connectivity index (χ1v) is 6.60. The van der Waals surface area contributed by atoms with E-state index < -0.39 is 29.9 Å². The smallest absolute Gasteiger partial charge is 0.0977 e. The summed E-state index contributed by atoms with van der Waals surface area (Å²) in [7, 11) is 0. The molecule has 98 valence electrons. The van der Waals surface area contributed by atoms with Crippen LogP contribution in [0.5, 0.6) is 0 Å². The molecular formula is C13H21F2NO. The van der Waals surface area contributed by atoms with Gasteiger partial charge in [0.2, 0.25) is 0 Å². The van der Waals surface area contributed by atoms with Gasteiger partial charge < -0.3 is 10.8 Å². The summed E-state index contributed by atoms with van der Waals surface area (Å²) in [5.41, 5.74) is 3.88. The zero-order valence-electron chi connectivity index (χ0n) is 10.1. The molecule has 2 bridgehead atoms. The standard InChI is InChI=1S/C13H21F2NO/c14-7-11(8-15)5-12(17,6-11)13(16)4-9-1-2-10(13)3-9/h9-10,17H,1-8,16H2. The van der Waals surface area contributed by atoms with Gasteiger partial charge >= 0.3 is 0 Å². The average molecular weight is 245 g/mol. The molecule has 3 unspecified atom stereocenters. The van der Waals surface area contributed by atoms with E-state index in [9.17, 15) is 13.9 Å². The molecule has 0 radical (unpaired) electrons. The van der Waals surface area contributed by atoms with Crippen molar-refractivity contribution in [3.05, 3.63) is 0 Å². The topological polar surface area (TPSA) is 46.2 Å². The van der Waals surface area contributed by atoms with Crippen LogP contribution in [0.3, 0.4) is 0 Å². The second-order valence-corrected chi connectivity index (χ2v) is 6.77. The Labute approximate surface area is 101 Å². The van der Waals surface area contributed by atoms with Crippen LogP contribution in [0.25, 0.3) is 0 Å². The van der Waals surface area contributed by atoms with Crippen LogP contribution < -0.4 is 5.73 Å². The molecule has 0 heterocycles. The molecule has 3 aliphatic rings. The Morgan fingerprint density at radius 2 is 1.82 bits per heavy atom. The Hall–Kier alpha value is -0.220. The van der Waals surface area contributed by atoms with Crippen LogP contribution >= 0.6 is 0 Å². The van der Waals surface area contributed by atoms with E-state index in [1.165, 1.54) is 6.42 Å². The van der Waals surface area contributed by atoms with Crippen molar-refractivity contribution in [2.45, 2.75) is 49.7 Å². The lowest BCUT2D eigenvalue weighted by Gasteiger charge is -2.60. The summed E-state index contributed by atoms with van der Waals surface area (Å²) < 4.78 is 25.7. The summed E-state index contributed by atoms with van der Waals surface area (Å²) in [5, 5.41) is 10.6. The number of hydrogen-bond acceptors (Lipinski definition) is 2. The Morgan fingerprint density at radius 1 is 1.18 bits per heavy atom. The first-order valence-electron chi connectivity index (χ1n) is 6.60. The van der Waals surface area contributed by atoms with E-state index >= 15 is 0 Å². The first-order chi connectivity index (χ1) is 7.97. The highest BCUT2D eigenvalue weighted by atomic mass is 19.1. The molecule has 3 rings (SSSR count).